The summed E-state index contributed by atoms with van der Waals surface area (Å²) in [4.78, 5) is 9.26. The quantitative estimate of drug-likeness (QED) is 0.487. The van der Waals surface area contributed by atoms with Crippen LogP contribution in [0.5, 0.6) is 0 Å². The first-order valence-corrected chi connectivity index (χ1v) is 9.59. The molecule has 0 unspecified atom stereocenters. The monoisotopic (exact) mass is 319 g/mol. The highest BCUT2D eigenvalue weighted by Gasteiger charge is 2.22. The van der Waals surface area contributed by atoms with Crippen molar-refractivity contribution in [2.24, 2.45) is 0 Å². The van der Waals surface area contributed by atoms with Gasteiger partial charge in [-0.05, 0) is 25.5 Å². The minimum absolute atomic E-state index is 0.568. The molecule has 1 aliphatic rings. The van der Waals surface area contributed by atoms with Crippen molar-refractivity contribution in [1.29, 1.82) is 0 Å². The molecule has 22 heavy (non-hydrogen) atoms. The van der Waals surface area contributed by atoms with Crippen molar-refractivity contribution in [3.05, 3.63) is 5.69 Å². The zero-order chi connectivity index (χ0) is 15.4. The van der Waals surface area contributed by atoms with Gasteiger partial charge in [0.05, 0.1) is 11.1 Å². The van der Waals surface area contributed by atoms with Crippen LogP contribution in [0.15, 0.2) is 5.16 Å². The number of nitrogens with one attached hydrogen (secondary N) is 2. The predicted molar refractivity (Wildman–Crippen MR) is 92.7 cm³/mol. The molecule has 2 aromatic rings. The van der Waals surface area contributed by atoms with E-state index in [2.05, 4.69) is 32.4 Å². The van der Waals surface area contributed by atoms with Gasteiger partial charge in [0.15, 0.2) is 10.8 Å². The zero-order valence-corrected chi connectivity index (χ0v) is 14.3. The molecule has 0 aliphatic heterocycles. The summed E-state index contributed by atoms with van der Waals surface area (Å²) in [6, 6.07) is 0. The van der Waals surface area contributed by atoms with Crippen LogP contribution in [0.25, 0.3) is 11.0 Å². The van der Waals surface area contributed by atoms with E-state index in [0.29, 0.717) is 5.92 Å². The summed E-state index contributed by atoms with van der Waals surface area (Å²) in [5.41, 5.74) is 2.04. The summed E-state index contributed by atoms with van der Waals surface area (Å²) in [6.45, 7) is 3.09. The first-order chi connectivity index (χ1) is 10.8. The summed E-state index contributed by atoms with van der Waals surface area (Å²) >= 11 is 1.56. The molecule has 0 amide bonds. The molecule has 2 heterocycles. The van der Waals surface area contributed by atoms with Gasteiger partial charge in [-0.3, -0.25) is 5.10 Å². The molecule has 3 rings (SSSR count). The Hall–Kier alpha value is -1.30. The molecule has 0 saturated heterocycles. The molecule has 0 radical (unpaired) electrons. The number of hydrogen-bond acceptors (Lipinski definition) is 5. The van der Waals surface area contributed by atoms with Gasteiger partial charge in [-0.25, -0.2) is 9.97 Å². The first kappa shape index (κ1) is 15.6. The average molecular weight is 319 g/mol. The van der Waals surface area contributed by atoms with Crippen LogP contribution >= 0.6 is 11.8 Å². The summed E-state index contributed by atoms with van der Waals surface area (Å²) in [7, 11) is 0. The van der Waals surface area contributed by atoms with Crippen molar-refractivity contribution in [1.82, 2.24) is 20.2 Å². The third kappa shape index (κ3) is 3.21. The summed E-state index contributed by atoms with van der Waals surface area (Å²) in [6.07, 6.45) is 10.9. The number of anilines is 1. The number of aromatic amines is 1. The average Bonchev–Trinajstić information content (AvgIpc) is 2.79. The SMILES string of the molecule is CCCNc1nc(SC)nc2n[nH]c(C3CCCCCC3)c12. The Morgan fingerprint density at radius 1 is 1.18 bits per heavy atom. The Morgan fingerprint density at radius 2 is 1.95 bits per heavy atom. The van der Waals surface area contributed by atoms with Gasteiger partial charge in [-0.1, -0.05) is 44.4 Å². The maximum absolute atomic E-state index is 4.69. The Kier molecular flexibility index (Phi) is 5.18. The molecule has 1 fully saturated rings. The number of fused-ring (bicyclic) bond motifs is 1. The predicted octanol–water partition coefficient (Wildman–Crippen LogP) is 4.33. The van der Waals surface area contributed by atoms with Gasteiger partial charge in [0, 0.05) is 12.5 Å². The molecular weight excluding hydrogens is 294 g/mol. The van der Waals surface area contributed by atoms with Crippen molar-refractivity contribution >= 4 is 28.6 Å². The van der Waals surface area contributed by atoms with Gasteiger partial charge in [-0.15, -0.1) is 0 Å². The molecule has 1 saturated carbocycles. The summed E-state index contributed by atoms with van der Waals surface area (Å²) < 4.78 is 0. The van der Waals surface area contributed by atoms with Crippen molar-refractivity contribution < 1.29 is 0 Å². The number of aromatic nitrogens is 4. The van der Waals surface area contributed by atoms with Crippen LogP contribution in [0.4, 0.5) is 5.82 Å². The third-order valence-corrected chi connectivity index (χ3v) is 4.96. The van der Waals surface area contributed by atoms with E-state index in [0.717, 1.165) is 35.0 Å². The highest BCUT2D eigenvalue weighted by molar-refractivity contribution is 7.98. The molecule has 0 atom stereocenters. The second-order valence-corrected chi connectivity index (χ2v) is 6.78. The second-order valence-electron chi connectivity index (χ2n) is 6.01. The standard InChI is InChI=1S/C16H25N5S/c1-3-10-17-14-12-13(11-8-6-4-5-7-9-11)20-21-15(12)19-16(18-14)22-2/h11H,3-10H2,1-2H3,(H2,17,18,19,20,21). The lowest BCUT2D eigenvalue weighted by atomic mass is 9.95. The van der Waals surface area contributed by atoms with Gasteiger partial charge < -0.3 is 5.32 Å². The number of H-pyrrole nitrogens is 1. The fraction of sp³-hybridized carbons (Fsp3) is 0.688. The highest BCUT2D eigenvalue weighted by atomic mass is 32.2. The lowest BCUT2D eigenvalue weighted by Crippen LogP contribution is -2.06. The van der Waals surface area contributed by atoms with E-state index in [4.69, 9.17) is 0 Å². The molecule has 5 nitrogen and oxygen atoms in total. The largest absolute Gasteiger partial charge is 0.369 e. The number of rotatable bonds is 5. The van der Waals surface area contributed by atoms with Gasteiger partial charge in [0.1, 0.15) is 5.82 Å². The Bertz CT molecular complexity index is 616. The van der Waals surface area contributed by atoms with Gasteiger partial charge >= 0.3 is 0 Å². The topological polar surface area (TPSA) is 66.5 Å². The van der Waals surface area contributed by atoms with Crippen LogP contribution in [0.3, 0.4) is 0 Å². The zero-order valence-electron chi connectivity index (χ0n) is 13.5. The van der Waals surface area contributed by atoms with Crippen LogP contribution in [-0.4, -0.2) is 33.0 Å². The summed E-state index contributed by atoms with van der Waals surface area (Å²) in [5, 5.41) is 13.1. The van der Waals surface area contributed by atoms with Crippen LogP contribution in [0, 0.1) is 0 Å². The second kappa shape index (κ2) is 7.31. The molecule has 0 spiro atoms. The number of hydrogen-bond donors (Lipinski definition) is 2. The van der Waals surface area contributed by atoms with Crippen molar-refractivity contribution in [3.63, 3.8) is 0 Å². The van der Waals surface area contributed by atoms with E-state index in [-0.39, 0.29) is 0 Å². The molecule has 6 heteroatoms. The van der Waals surface area contributed by atoms with Crippen LogP contribution in [-0.2, 0) is 0 Å². The lowest BCUT2D eigenvalue weighted by molar-refractivity contribution is 0.579. The maximum atomic E-state index is 4.69. The normalized spacial score (nSPS) is 16.8. The van der Waals surface area contributed by atoms with E-state index < -0.39 is 0 Å². The van der Waals surface area contributed by atoms with Crippen LogP contribution in [0.1, 0.15) is 63.5 Å². The Morgan fingerprint density at radius 3 is 2.64 bits per heavy atom. The maximum Gasteiger partial charge on any atom is 0.191 e. The van der Waals surface area contributed by atoms with Gasteiger partial charge in [0.25, 0.3) is 0 Å². The van der Waals surface area contributed by atoms with Crippen molar-refractivity contribution in [2.75, 3.05) is 18.1 Å². The molecular formula is C16H25N5S. The minimum atomic E-state index is 0.568. The highest BCUT2D eigenvalue weighted by Crippen LogP contribution is 2.36. The lowest BCUT2D eigenvalue weighted by Gasteiger charge is -2.14. The molecule has 2 aromatic heterocycles. The minimum Gasteiger partial charge on any atom is -0.369 e. The van der Waals surface area contributed by atoms with E-state index in [1.807, 2.05) is 6.26 Å². The van der Waals surface area contributed by atoms with Crippen molar-refractivity contribution in [2.45, 2.75) is 62.9 Å². The van der Waals surface area contributed by atoms with E-state index in [9.17, 15) is 0 Å². The summed E-state index contributed by atoms with van der Waals surface area (Å²) in [5.74, 6) is 1.52. The van der Waals surface area contributed by atoms with Gasteiger partial charge in [0.2, 0.25) is 0 Å². The fourth-order valence-corrected chi connectivity index (χ4v) is 3.61. The molecule has 0 aromatic carbocycles. The number of nitrogens with zero attached hydrogens (tertiary/aromatic N) is 3. The van der Waals surface area contributed by atoms with E-state index in [1.54, 1.807) is 11.8 Å². The van der Waals surface area contributed by atoms with Crippen LogP contribution in [0.2, 0.25) is 0 Å². The van der Waals surface area contributed by atoms with Gasteiger partial charge in [-0.2, -0.15) is 5.10 Å². The van der Waals surface area contributed by atoms with Crippen molar-refractivity contribution in [3.8, 4) is 0 Å². The molecule has 120 valence electrons. The Labute approximate surface area is 136 Å². The Balaban J connectivity index is 2.02. The van der Waals surface area contributed by atoms with Crippen LogP contribution < -0.4 is 5.32 Å². The van der Waals surface area contributed by atoms with E-state index >= 15 is 0 Å². The first-order valence-electron chi connectivity index (χ1n) is 8.37. The smallest absolute Gasteiger partial charge is 0.191 e. The fourth-order valence-electron chi connectivity index (χ4n) is 3.25. The third-order valence-electron chi connectivity index (χ3n) is 4.41. The molecule has 1 aliphatic carbocycles. The molecule has 0 bridgehead atoms. The van der Waals surface area contributed by atoms with E-state index in [1.165, 1.54) is 44.2 Å². The molecule has 2 N–H and O–H groups in total. The number of thioether (sulfide) groups is 1.